The second kappa shape index (κ2) is 7.29. The fourth-order valence-electron chi connectivity index (χ4n) is 3.83. The number of fused-ring (bicyclic) bond motifs is 1. The average molecular weight is 431 g/mol. The summed E-state index contributed by atoms with van der Waals surface area (Å²) in [5.74, 6) is 1.20. The summed E-state index contributed by atoms with van der Waals surface area (Å²) < 4.78 is 30.3. The molecule has 160 valence electrons. The molecule has 1 fully saturated rings. The molecule has 4 rings (SSSR count). The number of sulfonamides is 1. The first-order valence-corrected chi connectivity index (χ1v) is 11.4. The van der Waals surface area contributed by atoms with Gasteiger partial charge in [0, 0.05) is 17.8 Å². The molecule has 30 heavy (non-hydrogen) atoms. The molecule has 1 saturated carbocycles. The van der Waals surface area contributed by atoms with Crippen molar-refractivity contribution in [3.8, 4) is 11.3 Å². The molecule has 4 N–H and O–H groups in total. The first-order chi connectivity index (χ1) is 14.0. The molecule has 1 aliphatic rings. The van der Waals surface area contributed by atoms with Crippen LogP contribution in [-0.2, 0) is 10.0 Å². The van der Waals surface area contributed by atoms with E-state index in [1.165, 1.54) is 0 Å². The summed E-state index contributed by atoms with van der Waals surface area (Å²) in [6.45, 7) is 5.42. The normalized spacial score (nSPS) is 22.5. The monoisotopic (exact) mass is 430 g/mol. The highest BCUT2D eigenvalue weighted by Crippen LogP contribution is 2.30. The van der Waals surface area contributed by atoms with Crippen molar-refractivity contribution < 1.29 is 13.5 Å². The van der Waals surface area contributed by atoms with Gasteiger partial charge in [0.15, 0.2) is 0 Å². The molecular weight excluding hydrogens is 404 g/mol. The minimum Gasteiger partial charge on any atom is -0.390 e. The maximum atomic E-state index is 13.0. The summed E-state index contributed by atoms with van der Waals surface area (Å²) in [5.41, 5.74) is 7.38. The van der Waals surface area contributed by atoms with Crippen LogP contribution in [0.2, 0.25) is 0 Å². The number of benzene rings is 1. The minimum atomic E-state index is -3.71. The number of anilines is 1. The third-order valence-corrected chi connectivity index (χ3v) is 7.17. The predicted molar refractivity (Wildman–Crippen MR) is 113 cm³/mol. The van der Waals surface area contributed by atoms with Crippen LogP contribution in [0.4, 0.5) is 5.95 Å². The Labute approximate surface area is 175 Å². The van der Waals surface area contributed by atoms with E-state index in [-0.39, 0.29) is 16.9 Å². The van der Waals surface area contributed by atoms with Gasteiger partial charge in [0.1, 0.15) is 5.82 Å². The van der Waals surface area contributed by atoms with Gasteiger partial charge >= 0.3 is 0 Å². The molecule has 2 aromatic heterocycles. The zero-order chi connectivity index (χ0) is 21.7. The molecule has 0 unspecified atom stereocenters. The third-order valence-electron chi connectivity index (χ3n) is 5.65. The highest BCUT2D eigenvalue weighted by molar-refractivity contribution is 7.89. The lowest BCUT2D eigenvalue weighted by Gasteiger charge is -2.33. The summed E-state index contributed by atoms with van der Waals surface area (Å²) in [6, 6.07) is 4.79. The fraction of sp³-hybridized carbons (Fsp3) is 0.450. The Balaban J connectivity index is 1.66. The van der Waals surface area contributed by atoms with Crippen LogP contribution in [0.15, 0.2) is 29.3 Å². The van der Waals surface area contributed by atoms with Gasteiger partial charge in [-0.15, -0.1) is 0 Å². The van der Waals surface area contributed by atoms with Crippen molar-refractivity contribution in [2.45, 2.75) is 63.0 Å². The molecule has 0 amide bonds. The molecule has 9 nitrogen and oxygen atoms in total. The van der Waals surface area contributed by atoms with Crippen molar-refractivity contribution in [2.75, 3.05) is 5.73 Å². The molecule has 0 radical (unpaired) electrons. The van der Waals surface area contributed by atoms with Crippen LogP contribution >= 0.6 is 0 Å². The van der Waals surface area contributed by atoms with E-state index in [2.05, 4.69) is 19.7 Å². The maximum Gasteiger partial charge on any atom is 0.240 e. The minimum absolute atomic E-state index is 0.174. The molecule has 10 heteroatoms. The van der Waals surface area contributed by atoms with E-state index in [0.717, 1.165) is 5.56 Å². The molecule has 3 aromatic rings. The molecule has 0 saturated heterocycles. The summed E-state index contributed by atoms with van der Waals surface area (Å²) >= 11 is 0. The molecular formula is C20H26N6O3S. The smallest absolute Gasteiger partial charge is 0.240 e. The van der Waals surface area contributed by atoms with Crippen molar-refractivity contribution in [3.63, 3.8) is 0 Å². The summed E-state index contributed by atoms with van der Waals surface area (Å²) in [6.07, 6.45) is 4.06. The van der Waals surface area contributed by atoms with Gasteiger partial charge in [0.25, 0.3) is 0 Å². The van der Waals surface area contributed by atoms with E-state index in [0.29, 0.717) is 48.5 Å². The van der Waals surface area contributed by atoms with Crippen molar-refractivity contribution in [1.82, 2.24) is 24.1 Å². The molecule has 0 aliphatic heterocycles. The van der Waals surface area contributed by atoms with Crippen molar-refractivity contribution >= 4 is 21.7 Å². The van der Waals surface area contributed by atoms with E-state index in [1.54, 1.807) is 42.6 Å². The van der Waals surface area contributed by atoms with Gasteiger partial charge in [-0.05, 0) is 64.2 Å². The van der Waals surface area contributed by atoms with E-state index in [4.69, 9.17) is 5.73 Å². The first-order valence-electron chi connectivity index (χ1n) is 9.89. The average Bonchev–Trinajstić information content (AvgIpc) is 3.07. The van der Waals surface area contributed by atoms with Crippen LogP contribution in [0.5, 0.6) is 0 Å². The Morgan fingerprint density at radius 3 is 2.60 bits per heavy atom. The van der Waals surface area contributed by atoms with Crippen LogP contribution in [0, 0.1) is 13.8 Å². The molecule has 1 aromatic carbocycles. The predicted octanol–water partition coefficient (Wildman–Crippen LogP) is 1.96. The number of aromatic nitrogens is 4. The van der Waals surface area contributed by atoms with Gasteiger partial charge in [-0.1, -0.05) is 6.07 Å². The zero-order valence-corrected chi connectivity index (χ0v) is 18.1. The third kappa shape index (κ3) is 4.03. The Morgan fingerprint density at radius 1 is 1.20 bits per heavy atom. The molecule has 2 heterocycles. The maximum absolute atomic E-state index is 13.0. The van der Waals surface area contributed by atoms with Gasteiger partial charge in [-0.2, -0.15) is 9.97 Å². The van der Waals surface area contributed by atoms with Crippen LogP contribution in [0.1, 0.15) is 44.0 Å². The SMILES string of the molecule is Cc1nc(N)n2cc(-c3cc(S(=O)(=O)N[C@H]4CC[C@](C)(O)CC4)ccc3C)nc2n1. The largest absolute Gasteiger partial charge is 0.390 e. The summed E-state index contributed by atoms with van der Waals surface area (Å²) in [7, 11) is -3.71. The number of hydrogen-bond acceptors (Lipinski definition) is 7. The standard InChI is InChI=1S/C20H26N6O3S/c1-12-4-5-15(30(28,29)25-14-6-8-20(3,27)9-7-14)10-16(12)17-11-26-18(21)22-13(2)23-19(26)24-17/h4-5,10-11,14,25,27H,6-9H2,1-3H3,(H2,21,22,23,24)/t14-,20-. The number of nitrogens with zero attached hydrogens (tertiary/aromatic N) is 4. The second-order valence-corrected chi connectivity index (χ2v) is 10.0. The number of nitrogens with one attached hydrogen (secondary N) is 1. The first kappa shape index (κ1) is 20.7. The number of nitrogen functional groups attached to an aromatic ring is 1. The van der Waals surface area contributed by atoms with Gasteiger partial charge in [0.2, 0.25) is 21.7 Å². The molecule has 1 aliphatic carbocycles. The van der Waals surface area contributed by atoms with Gasteiger partial charge in [-0.25, -0.2) is 18.1 Å². The van der Waals surface area contributed by atoms with Crippen LogP contribution in [0.3, 0.4) is 0 Å². The topological polar surface area (TPSA) is 136 Å². The van der Waals surface area contributed by atoms with E-state index < -0.39 is 15.6 Å². The number of nitrogens with two attached hydrogens (primary N) is 1. The molecule has 0 bridgehead atoms. The van der Waals surface area contributed by atoms with Crippen molar-refractivity contribution in [2.24, 2.45) is 0 Å². The lowest BCUT2D eigenvalue weighted by molar-refractivity contribution is 0.0163. The van der Waals surface area contributed by atoms with Crippen LogP contribution in [-0.4, -0.2) is 44.5 Å². The van der Waals surface area contributed by atoms with Crippen molar-refractivity contribution in [3.05, 3.63) is 35.8 Å². The zero-order valence-electron chi connectivity index (χ0n) is 17.3. The highest BCUT2D eigenvalue weighted by atomic mass is 32.2. The van der Waals surface area contributed by atoms with Gasteiger partial charge in [0.05, 0.1) is 16.2 Å². The number of aryl methyl sites for hydroxylation is 2. The van der Waals surface area contributed by atoms with E-state index >= 15 is 0 Å². The van der Waals surface area contributed by atoms with Crippen molar-refractivity contribution in [1.29, 1.82) is 0 Å². The van der Waals surface area contributed by atoms with Gasteiger partial charge < -0.3 is 10.8 Å². The number of aliphatic hydroxyl groups is 1. The number of hydrogen-bond donors (Lipinski definition) is 3. The lowest BCUT2D eigenvalue weighted by Crippen LogP contribution is -2.42. The van der Waals surface area contributed by atoms with Gasteiger partial charge in [-0.3, -0.25) is 4.40 Å². The summed E-state index contributed by atoms with van der Waals surface area (Å²) in [5, 5.41) is 10.1. The Hall–Kier alpha value is -2.56. The quantitative estimate of drug-likeness (QED) is 0.576. The fourth-order valence-corrected chi connectivity index (χ4v) is 5.16. The Bertz CT molecular complexity index is 1210. The second-order valence-electron chi connectivity index (χ2n) is 8.29. The lowest BCUT2D eigenvalue weighted by atomic mass is 9.84. The number of imidazole rings is 1. The Kier molecular flexibility index (Phi) is 5.03. The van der Waals surface area contributed by atoms with Crippen LogP contribution in [0.25, 0.3) is 17.0 Å². The van der Waals surface area contributed by atoms with E-state index in [1.807, 2.05) is 6.92 Å². The van der Waals surface area contributed by atoms with E-state index in [9.17, 15) is 13.5 Å². The highest BCUT2D eigenvalue weighted by Gasteiger charge is 2.31. The number of rotatable bonds is 4. The van der Waals surface area contributed by atoms with Crippen LogP contribution < -0.4 is 10.5 Å². The molecule has 0 spiro atoms. The summed E-state index contributed by atoms with van der Waals surface area (Å²) in [4.78, 5) is 13.1. The Morgan fingerprint density at radius 2 is 1.90 bits per heavy atom. The molecule has 0 atom stereocenters.